The van der Waals surface area contributed by atoms with Crippen LogP contribution in [0.15, 0.2) is 36.5 Å². The molecule has 0 aliphatic carbocycles. The van der Waals surface area contributed by atoms with Gasteiger partial charge >= 0.3 is 0 Å². The summed E-state index contributed by atoms with van der Waals surface area (Å²) in [5, 5.41) is 10.3. The molecule has 1 aromatic carbocycles. The van der Waals surface area contributed by atoms with Gasteiger partial charge in [-0.05, 0) is 30.3 Å². The molecule has 1 N–H and O–H groups in total. The average molecular weight is 269 g/mol. The Balaban J connectivity index is 1.82. The topological polar surface area (TPSA) is 81.2 Å². The van der Waals surface area contributed by atoms with Gasteiger partial charge in [0.2, 0.25) is 0 Å². The van der Waals surface area contributed by atoms with Crippen LogP contribution in [0.25, 0.3) is 0 Å². The van der Waals surface area contributed by atoms with Crippen molar-refractivity contribution < 1.29 is 14.3 Å². The molecular formula is C14H11N3O3. The van der Waals surface area contributed by atoms with Crippen molar-refractivity contribution in [2.24, 2.45) is 0 Å². The molecule has 6 heteroatoms. The van der Waals surface area contributed by atoms with Crippen LogP contribution >= 0.6 is 0 Å². The highest BCUT2D eigenvalue weighted by Crippen LogP contribution is 2.28. The number of carbonyl (C=O) groups is 2. The minimum absolute atomic E-state index is 0.000101. The number of aromatic nitrogens is 2. The highest BCUT2D eigenvalue weighted by atomic mass is 16.5. The molecule has 1 aliphatic heterocycles. The van der Waals surface area contributed by atoms with Crippen LogP contribution in [0.2, 0.25) is 0 Å². The summed E-state index contributed by atoms with van der Waals surface area (Å²) in [6.07, 6.45) is 1.72. The van der Waals surface area contributed by atoms with Gasteiger partial charge in [-0.15, -0.1) is 0 Å². The monoisotopic (exact) mass is 269 g/mol. The minimum atomic E-state index is -0.226. The van der Waals surface area contributed by atoms with Crippen molar-refractivity contribution in [1.82, 2.24) is 10.2 Å². The summed E-state index contributed by atoms with van der Waals surface area (Å²) in [5.41, 5.74) is 1.63. The third-order valence-electron chi connectivity index (χ3n) is 2.90. The van der Waals surface area contributed by atoms with E-state index in [0.717, 1.165) is 0 Å². The van der Waals surface area contributed by atoms with E-state index in [4.69, 9.17) is 4.74 Å². The number of rotatable bonds is 3. The van der Waals surface area contributed by atoms with Crippen molar-refractivity contribution >= 4 is 17.4 Å². The van der Waals surface area contributed by atoms with Gasteiger partial charge < -0.3 is 10.1 Å². The lowest BCUT2D eigenvalue weighted by Crippen LogP contribution is -2.25. The Kier molecular flexibility index (Phi) is 3.12. The van der Waals surface area contributed by atoms with Crippen molar-refractivity contribution in [3.63, 3.8) is 0 Å². The van der Waals surface area contributed by atoms with Gasteiger partial charge in [0.15, 0.2) is 12.4 Å². The number of anilines is 1. The van der Waals surface area contributed by atoms with Gasteiger partial charge in [0.05, 0.1) is 17.8 Å². The van der Waals surface area contributed by atoms with Crippen LogP contribution < -0.4 is 10.1 Å². The Hall–Kier alpha value is -2.76. The molecule has 20 heavy (non-hydrogen) atoms. The van der Waals surface area contributed by atoms with Gasteiger partial charge in [-0.25, -0.2) is 0 Å². The molecule has 2 heterocycles. The van der Waals surface area contributed by atoms with Crippen molar-refractivity contribution in [2.45, 2.75) is 6.42 Å². The van der Waals surface area contributed by atoms with Gasteiger partial charge in [0.1, 0.15) is 5.75 Å². The Labute approximate surface area is 114 Å². The van der Waals surface area contributed by atoms with E-state index >= 15 is 0 Å². The summed E-state index contributed by atoms with van der Waals surface area (Å²) in [5.74, 6) is 0.254. The third kappa shape index (κ3) is 2.49. The van der Waals surface area contributed by atoms with Crippen molar-refractivity contribution in [3.8, 4) is 5.75 Å². The number of fused-ring (bicyclic) bond motifs is 1. The van der Waals surface area contributed by atoms with Gasteiger partial charge in [0, 0.05) is 11.8 Å². The number of carbonyl (C=O) groups excluding carboxylic acids is 2. The smallest absolute Gasteiger partial charge is 0.262 e. The number of nitrogens with one attached hydrogen (secondary N) is 1. The second kappa shape index (κ2) is 5.08. The predicted molar refractivity (Wildman–Crippen MR) is 70.6 cm³/mol. The first kappa shape index (κ1) is 12.3. The fourth-order valence-corrected chi connectivity index (χ4v) is 1.95. The Morgan fingerprint density at radius 1 is 1.35 bits per heavy atom. The summed E-state index contributed by atoms with van der Waals surface area (Å²) in [4.78, 5) is 23.4. The second-order valence-electron chi connectivity index (χ2n) is 4.36. The maximum atomic E-state index is 12.2. The molecule has 0 radical (unpaired) electrons. The van der Waals surface area contributed by atoms with Crippen LogP contribution in [0.4, 0.5) is 5.69 Å². The first-order valence-electron chi connectivity index (χ1n) is 6.09. The minimum Gasteiger partial charge on any atom is -0.482 e. The average Bonchev–Trinajstić information content (AvgIpc) is 2.47. The number of hydrogen-bond donors (Lipinski definition) is 1. The maximum absolute atomic E-state index is 12.2. The predicted octanol–water partition coefficient (Wildman–Crippen LogP) is 1.23. The molecule has 3 rings (SSSR count). The first-order valence-corrected chi connectivity index (χ1v) is 6.09. The molecule has 0 saturated heterocycles. The van der Waals surface area contributed by atoms with Crippen molar-refractivity contribution in [3.05, 3.63) is 47.8 Å². The molecule has 6 nitrogen and oxygen atoms in total. The van der Waals surface area contributed by atoms with Gasteiger partial charge in [-0.3, -0.25) is 9.59 Å². The molecule has 1 aromatic heterocycles. The molecule has 2 aromatic rings. The molecule has 100 valence electrons. The lowest BCUT2D eigenvalue weighted by Gasteiger charge is -2.18. The Morgan fingerprint density at radius 3 is 3.05 bits per heavy atom. The first-order chi connectivity index (χ1) is 9.72. The quantitative estimate of drug-likeness (QED) is 0.848. The number of nitrogens with zero attached hydrogens (tertiary/aromatic N) is 2. The zero-order valence-electron chi connectivity index (χ0n) is 10.5. The molecule has 0 saturated carbocycles. The largest absolute Gasteiger partial charge is 0.482 e. The standard InChI is InChI=1S/C14H11N3O3/c18-12(7-10-2-1-5-15-17-10)9-3-4-13-11(6-9)16-14(19)8-20-13/h1-6H,7-8H2,(H,16,19). The number of benzene rings is 1. The zero-order valence-corrected chi connectivity index (χ0v) is 10.5. The van der Waals surface area contributed by atoms with Crippen LogP contribution in [-0.2, 0) is 11.2 Å². The lowest BCUT2D eigenvalue weighted by molar-refractivity contribution is -0.118. The van der Waals surface area contributed by atoms with E-state index < -0.39 is 0 Å². The van der Waals surface area contributed by atoms with Crippen LogP contribution in [0, 0.1) is 0 Å². The van der Waals surface area contributed by atoms with Crippen LogP contribution in [0.5, 0.6) is 5.75 Å². The number of Topliss-reactive ketones (excluding diaryl/α,β-unsaturated/α-hetero) is 1. The van der Waals surface area contributed by atoms with Gasteiger partial charge in [-0.2, -0.15) is 10.2 Å². The highest BCUT2D eigenvalue weighted by Gasteiger charge is 2.18. The fourth-order valence-electron chi connectivity index (χ4n) is 1.95. The normalized spacial score (nSPS) is 13.1. The molecule has 0 bridgehead atoms. The van der Waals surface area contributed by atoms with Crippen LogP contribution in [-0.4, -0.2) is 28.5 Å². The molecule has 0 spiro atoms. The number of ketones is 1. The van der Waals surface area contributed by atoms with E-state index in [0.29, 0.717) is 22.7 Å². The molecule has 1 amide bonds. The van der Waals surface area contributed by atoms with E-state index in [1.54, 1.807) is 36.5 Å². The molecule has 0 atom stereocenters. The summed E-state index contributed by atoms with van der Waals surface area (Å²) in [6, 6.07) is 8.45. The third-order valence-corrected chi connectivity index (χ3v) is 2.90. The second-order valence-corrected chi connectivity index (χ2v) is 4.36. The SMILES string of the molecule is O=C1COc2ccc(C(=O)Cc3cccnn3)cc2N1. The molecule has 0 fully saturated rings. The maximum Gasteiger partial charge on any atom is 0.262 e. The summed E-state index contributed by atoms with van der Waals surface area (Å²) < 4.78 is 5.24. The Bertz CT molecular complexity index is 671. The van der Waals surface area contributed by atoms with Crippen molar-refractivity contribution in [2.75, 3.05) is 11.9 Å². The van der Waals surface area contributed by atoms with E-state index in [1.165, 1.54) is 0 Å². The van der Waals surface area contributed by atoms with E-state index in [-0.39, 0.29) is 24.7 Å². The van der Waals surface area contributed by atoms with Crippen LogP contribution in [0.3, 0.4) is 0 Å². The number of ether oxygens (including phenoxy) is 1. The van der Waals surface area contributed by atoms with E-state index in [2.05, 4.69) is 15.5 Å². The zero-order chi connectivity index (χ0) is 13.9. The van der Waals surface area contributed by atoms with Gasteiger partial charge in [0.25, 0.3) is 5.91 Å². The lowest BCUT2D eigenvalue weighted by atomic mass is 10.0. The Morgan fingerprint density at radius 2 is 2.25 bits per heavy atom. The number of hydrogen-bond acceptors (Lipinski definition) is 5. The summed E-state index contributed by atoms with van der Waals surface area (Å²) >= 11 is 0. The molecule has 1 aliphatic rings. The van der Waals surface area contributed by atoms with E-state index in [9.17, 15) is 9.59 Å². The fraction of sp³-hybridized carbons (Fsp3) is 0.143. The summed E-state index contributed by atoms with van der Waals surface area (Å²) in [6.45, 7) is -0.000101. The number of amides is 1. The molecular weight excluding hydrogens is 258 g/mol. The molecule has 0 unspecified atom stereocenters. The van der Waals surface area contributed by atoms with Crippen molar-refractivity contribution in [1.29, 1.82) is 0 Å². The van der Waals surface area contributed by atoms with E-state index in [1.807, 2.05) is 0 Å². The summed E-state index contributed by atoms with van der Waals surface area (Å²) in [7, 11) is 0. The highest BCUT2D eigenvalue weighted by molar-refractivity contribution is 6.01. The van der Waals surface area contributed by atoms with Gasteiger partial charge in [-0.1, -0.05) is 0 Å². The van der Waals surface area contributed by atoms with Crippen LogP contribution in [0.1, 0.15) is 16.1 Å².